The molecule has 146 valence electrons. The zero-order valence-electron chi connectivity index (χ0n) is 17.0. The number of ether oxygens (including phenoxy) is 1. The lowest BCUT2D eigenvalue weighted by molar-refractivity contribution is -0.126. The summed E-state index contributed by atoms with van der Waals surface area (Å²) < 4.78 is 5.52. The zero-order chi connectivity index (χ0) is 19.8. The van der Waals surface area contributed by atoms with E-state index in [1.807, 2.05) is 82.5 Å². The van der Waals surface area contributed by atoms with E-state index in [-0.39, 0.29) is 18.0 Å². The van der Waals surface area contributed by atoms with E-state index in [0.29, 0.717) is 13.2 Å². The van der Waals surface area contributed by atoms with Crippen molar-refractivity contribution in [1.29, 1.82) is 0 Å². The Morgan fingerprint density at radius 2 is 1.56 bits per heavy atom. The first-order valence-corrected chi connectivity index (χ1v) is 9.32. The van der Waals surface area contributed by atoms with Gasteiger partial charge in [-0.25, -0.2) is 0 Å². The van der Waals surface area contributed by atoms with Crippen LogP contribution in [0.1, 0.15) is 30.1 Å². The Morgan fingerprint density at radius 1 is 0.926 bits per heavy atom. The van der Waals surface area contributed by atoms with Gasteiger partial charge in [0.25, 0.3) is 0 Å². The maximum Gasteiger partial charge on any atom is 0.242 e. The van der Waals surface area contributed by atoms with Gasteiger partial charge >= 0.3 is 0 Å². The van der Waals surface area contributed by atoms with E-state index in [2.05, 4.69) is 22.3 Å². The predicted molar refractivity (Wildman–Crippen MR) is 110 cm³/mol. The number of carbonyl (C=O) groups is 1. The number of hydrogen-bond donors (Lipinski definition) is 1. The topological polar surface area (TPSA) is 44.8 Å². The first-order chi connectivity index (χ1) is 12.9. The number of benzene rings is 2. The quantitative estimate of drug-likeness (QED) is 0.738. The van der Waals surface area contributed by atoms with Gasteiger partial charge in [0.1, 0.15) is 11.8 Å². The van der Waals surface area contributed by atoms with Gasteiger partial charge in [0.15, 0.2) is 0 Å². The largest absolute Gasteiger partial charge is 0.494 e. The van der Waals surface area contributed by atoms with E-state index >= 15 is 0 Å². The zero-order valence-corrected chi connectivity index (χ0v) is 17.0. The number of rotatable bonds is 9. The minimum atomic E-state index is -0.311. The maximum atomic E-state index is 12.9. The molecule has 0 aromatic heterocycles. The van der Waals surface area contributed by atoms with Crippen molar-refractivity contribution in [2.45, 2.75) is 19.0 Å². The lowest BCUT2D eigenvalue weighted by atomic mass is 10.0. The Kier molecular flexibility index (Phi) is 7.82. The minimum absolute atomic E-state index is 0.00369. The van der Waals surface area contributed by atoms with Crippen molar-refractivity contribution in [2.75, 3.05) is 41.3 Å². The van der Waals surface area contributed by atoms with Crippen molar-refractivity contribution >= 4 is 5.91 Å². The van der Waals surface area contributed by atoms with Crippen LogP contribution in [0.4, 0.5) is 0 Å². The Labute approximate surface area is 162 Å². The Hall–Kier alpha value is -2.37. The number of nitrogens with zero attached hydrogens (tertiary/aromatic N) is 2. The second-order valence-corrected chi connectivity index (χ2v) is 7.00. The molecule has 27 heavy (non-hydrogen) atoms. The van der Waals surface area contributed by atoms with Crippen LogP contribution in [0.3, 0.4) is 0 Å². The monoisotopic (exact) mass is 369 g/mol. The highest BCUT2D eigenvalue weighted by atomic mass is 16.5. The average Bonchev–Trinajstić information content (AvgIpc) is 2.64. The van der Waals surface area contributed by atoms with Crippen molar-refractivity contribution in [1.82, 2.24) is 15.1 Å². The molecule has 0 aliphatic heterocycles. The number of hydrogen-bond acceptors (Lipinski definition) is 4. The molecule has 0 aliphatic carbocycles. The van der Waals surface area contributed by atoms with Crippen LogP contribution >= 0.6 is 0 Å². The summed E-state index contributed by atoms with van der Waals surface area (Å²) in [7, 11) is 7.89. The van der Waals surface area contributed by atoms with E-state index in [1.54, 1.807) is 0 Å². The molecule has 0 fully saturated rings. The van der Waals surface area contributed by atoms with E-state index in [1.165, 1.54) is 0 Å². The SMILES string of the molecule is CCOc1ccc(C(CNC(=O)C(c2ccccc2)N(C)C)N(C)C)cc1. The van der Waals surface area contributed by atoms with Crippen LogP contribution in [0.5, 0.6) is 5.75 Å². The molecule has 5 nitrogen and oxygen atoms in total. The van der Waals surface area contributed by atoms with Gasteiger partial charge in [-0.15, -0.1) is 0 Å². The summed E-state index contributed by atoms with van der Waals surface area (Å²) >= 11 is 0. The van der Waals surface area contributed by atoms with E-state index < -0.39 is 0 Å². The first-order valence-electron chi connectivity index (χ1n) is 9.32. The average molecular weight is 370 g/mol. The van der Waals surface area contributed by atoms with Crippen molar-refractivity contribution < 1.29 is 9.53 Å². The summed E-state index contributed by atoms with van der Waals surface area (Å²) in [6.07, 6.45) is 0. The first kappa shape index (κ1) is 20.9. The van der Waals surface area contributed by atoms with Crippen LogP contribution in [0.25, 0.3) is 0 Å². The summed E-state index contributed by atoms with van der Waals surface area (Å²) in [4.78, 5) is 16.9. The third-order valence-electron chi connectivity index (χ3n) is 4.55. The summed E-state index contributed by atoms with van der Waals surface area (Å²) in [5.74, 6) is 0.864. The van der Waals surface area contributed by atoms with Gasteiger partial charge in [-0.1, -0.05) is 42.5 Å². The lowest BCUT2D eigenvalue weighted by Crippen LogP contribution is -2.41. The van der Waals surface area contributed by atoms with E-state index in [4.69, 9.17) is 4.74 Å². The second kappa shape index (κ2) is 10.1. The Bertz CT molecular complexity index is 699. The number of amides is 1. The molecular weight excluding hydrogens is 338 g/mol. The number of nitrogens with one attached hydrogen (secondary N) is 1. The molecule has 2 aromatic rings. The molecule has 0 aliphatic rings. The van der Waals surface area contributed by atoms with Crippen molar-refractivity contribution in [3.8, 4) is 5.75 Å². The van der Waals surface area contributed by atoms with Crippen molar-refractivity contribution in [3.63, 3.8) is 0 Å². The molecule has 1 amide bonds. The van der Waals surface area contributed by atoms with E-state index in [9.17, 15) is 4.79 Å². The van der Waals surface area contributed by atoms with Gasteiger partial charge < -0.3 is 15.0 Å². The maximum absolute atomic E-state index is 12.9. The third-order valence-corrected chi connectivity index (χ3v) is 4.55. The summed E-state index contributed by atoms with van der Waals surface area (Å²) in [5, 5.41) is 3.13. The van der Waals surface area contributed by atoms with Crippen LogP contribution in [-0.2, 0) is 4.79 Å². The minimum Gasteiger partial charge on any atom is -0.494 e. The number of likely N-dealkylation sites (N-methyl/N-ethyl adjacent to an activating group) is 2. The Morgan fingerprint density at radius 3 is 2.07 bits per heavy atom. The molecule has 0 bridgehead atoms. The van der Waals surface area contributed by atoms with Gasteiger partial charge in [-0.2, -0.15) is 0 Å². The molecular formula is C22H31N3O2. The predicted octanol–water partition coefficient (Wildman–Crippen LogP) is 3.11. The van der Waals surface area contributed by atoms with Crippen LogP contribution < -0.4 is 10.1 Å². The fourth-order valence-electron chi connectivity index (χ4n) is 3.16. The molecule has 0 saturated carbocycles. The molecule has 0 spiro atoms. The standard InChI is InChI=1S/C22H31N3O2/c1-6-27-19-14-12-17(13-15-19)20(24(2)3)16-23-22(26)21(25(4)5)18-10-8-7-9-11-18/h7-15,20-21H,6,16H2,1-5H3,(H,23,26). The van der Waals surface area contributed by atoms with Gasteiger partial charge in [0, 0.05) is 6.54 Å². The molecule has 0 radical (unpaired) electrons. The molecule has 2 rings (SSSR count). The van der Waals surface area contributed by atoms with Gasteiger partial charge in [-0.05, 0) is 58.4 Å². The molecule has 0 saturated heterocycles. The third kappa shape index (κ3) is 5.81. The summed E-state index contributed by atoms with van der Waals surface area (Å²) in [5.41, 5.74) is 2.13. The molecule has 2 unspecified atom stereocenters. The van der Waals surface area contributed by atoms with Crippen molar-refractivity contribution in [2.24, 2.45) is 0 Å². The van der Waals surface area contributed by atoms with Crippen molar-refractivity contribution in [3.05, 3.63) is 65.7 Å². The molecule has 2 aromatic carbocycles. The fourth-order valence-corrected chi connectivity index (χ4v) is 3.16. The highest BCUT2D eigenvalue weighted by molar-refractivity contribution is 5.83. The lowest BCUT2D eigenvalue weighted by Gasteiger charge is -2.28. The molecule has 5 heteroatoms. The van der Waals surface area contributed by atoms with Gasteiger partial charge in [0.05, 0.1) is 12.6 Å². The molecule has 0 heterocycles. The Balaban J connectivity index is 2.09. The summed E-state index contributed by atoms with van der Waals surface area (Å²) in [6, 6.07) is 17.7. The fraction of sp³-hybridized carbons (Fsp3) is 0.409. The molecule has 1 N–H and O–H groups in total. The van der Waals surface area contributed by atoms with Crippen LogP contribution in [-0.4, -0.2) is 57.0 Å². The summed E-state index contributed by atoms with van der Waals surface area (Å²) in [6.45, 7) is 3.16. The highest BCUT2D eigenvalue weighted by Crippen LogP contribution is 2.22. The van der Waals surface area contributed by atoms with E-state index in [0.717, 1.165) is 16.9 Å². The number of carbonyl (C=O) groups excluding carboxylic acids is 1. The highest BCUT2D eigenvalue weighted by Gasteiger charge is 2.24. The second-order valence-electron chi connectivity index (χ2n) is 7.00. The molecule has 2 atom stereocenters. The smallest absolute Gasteiger partial charge is 0.242 e. The van der Waals surface area contributed by atoms with Gasteiger partial charge in [-0.3, -0.25) is 9.69 Å². The van der Waals surface area contributed by atoms with Crippen LogP contribution in [0.15, 0.2) is 54.6 Å². The van der Waals surface area contributed by atoms with Gasteiger partial charge in [0.2, 0.25) is 5.91 Å². The van der Waals surface area contributed by atoms with Crippen LogP contribution in [0, 0.1) is 0 Å². The normalized spacial score (nSPS) is 13.4. The van der Waals surface area contributed by atoms with Crippen LogP contribution in [0.2, 0.25) is 0 Å².